The zero-order valence-corrected chi connectivity index (χ0v) is 12.5. The molecule has 0 bridgehead atoms. The lowest BCUT2D eigenvalue weighted by Gasteiger charge is -2.09. The van der Waals surface area contributed by atoms with E-state index in [4.69, 9.17) is 4.84 Å². The molecule has 0 aliphatic carbocycles. The molecular weight excluding hydrogens is 268 g/mol. The van der Waals surface area contributed by atoms with Gasteiger partial charge in [0.2, 0.25) is 5.91 Å². The van der Waals surface area contributed by atoms with Crippen LogP contribution in [0.25, 0.3) is 0 Å². The summed E-state index contributed by atoms with van der Waals surface area (Å²) in [6, 6.07) is 9.65. The Balaban J connectivity index is 2.48. The highest BCUT2D eigenvalue weighted by molar-refractivity contribution is 5.93. The monoisotopic (exact) mass is 288 g/mol. The van der Waals surface area contributed by atoms with Crippen LogP contribution in [0.3, 0.4) is 0 Å². The van der Waals surface area contributed by atoms with Crippen LogP contribution in [0.2, 0.25) is 0 Å². The molecule has 21 heavy (non-hydrogen) atoms. The Morgan fingerprint density at radius 1 is 1.29 bits per heavy atom. The number of benzene rings is 1. The summed E-state index contributed by atoms with van der Waals surface area (Å²) in [6.45, 7) is 2.16. The number of rotatable bonds is 6. The van der Waals surface area contributed by atoms with Gasteiger partial charge in [-0.15, -0.1) is 0 Å². The lowest BCUT2D eigenvalue weighted by molar-refractivity contribution is -0.162. The van der Waals surface area contributed by atoms with Crippen LogP contribution in [0, 0.1) is 0 Å². The van der Waals surface area contributed by atoms with Crippen molar-refractivity contribution >= 4 is 11.8 Å². The van der Waals surface area contributed by atoms with Crippen LogP contribution in [0.5, 0.6) is 0 Å². The highest BCUT2D eigenvalue weighted by Crippen LogP contribution is 1.99. The number of likely N-dealkylation sites (N-methyl/N-ethyl adjacent to an activating group) is 1. The molecule has 1 N–H and O–H groups in total. The fourth-order valence-electron chi connectivity index (χ4n) is 1.46. The Kier molecular flexibility index (Phi) is 6.91. The molecule has 0 aromatic heterocycles. The van der Waals surface area contributed by atoms with Crippen molar-refractivity contribution < 1.29 is 14.4 Å². The summed E-state index contributed by atoms with van der Waals surface area (Å²) in [5, 5.41) is 3.90. The van der Waals surface area contributed by atoms with E-state index >= 15 is 0 Å². The van der Waals surface area contributed by atoms with Gasteiger partial charge in [-0.25, -0.2) is 5.06 Å². The molecule has 112 valence electrons. The SMILES string of the molecule is CON(C)C(=O)/C=C/C=C(/C)C(=O)NCc1ccccc1. The second kappa shape index (κ2) is 8.71. The zero-order chi connectivity index (χ0) is 15.7. The zero-order valence-electron chi connectivity index (χ0n) is 12.5. The molecule has 0 saturated carbocycles. The van der Waals surface area contributed by atoms with Crippen molar-refractivity contribution in [1.29, 1.82) is 0 Å². The molecule has 0 heterocycles. The first-order valence-corrected chi connectivity index (χ1v) is 6.53. The molecular formula is C16H20N2O3. The summed E-state index contributed by atoms with van der Waals surface area (Å²) in [5.41, 5.74) is 1.56. The van der Waals surface area contributed by atoms with E-state index < -0.39 is 0 Å². The number of allylic oxidation sites excluding steroid dienone is 2. The number of nitrogens with zero attached hydrogens (tertiary/aromatic N) is 1. The second-order valence-corrected chi connectivity index (χ2v) is 4.40. The lowest BCUT2D eigenvalue weighted by Crippen LogP contribution is -2.23. The van der Waals surface area contributed by atoms with Gasteiger partial charge < -0.3 is 5.32 Å². The van der Waals surface area contributed by atoms with Crippen molar-refractivity contribution in [3.63, 3.8) is 0 Å². The van der Waals surface area contributed by atoms with Crippen LogP contribution < -0.4 is 5.32 Å². The molecule has 0 radical (unpaired) electrons. The minimum absolute atomic E-state index is 0.170. The first kappa shape index (κ1) is 16.7. The summed E-state index contributed by atoms with van der Waals surface area (Å²) in [5.74, 6) is -0.470. The van der Waals surface area contributed by atoms with Crippen LogP contribution >= 0.6 is 0 Å². The third-order valence-electron chi connectivity index (χ3n) is 2.82. The van der Waals surface area contributed by atoms with Gasteiger partial charge in [-0.2, -0.15) is 0 Å². The van der Waals surface area contributed by atoms with Crippen LogP contribution in [-0.2, 0) is 21.0 Å². The smallest absolute Gasteiger partial charge is 0.269 e. The molecule has 0 saturated heterocycles. The van der Waals surface area contributed by atoms with Gasteiger partial charge in [0.15, 0.2) is 0 Å². The summed E-state index contributed by atoms with van der Waals surface area (Å²) in [4.78, 5) is 28.0. The number of carbonyl (C=O) groups excluding carboxylic acids is 2. The molecule has 1 aromatic carbocycles. The maximum atomic E-state index is 11.8. The minimum atomic E-state index is -0.300. The van der Waals surface area contributed by atoms with Gasteiger partial charge in [0.25, 0.3) is 5.91 Å². The molecule has 0 atom stereocenters. The van der Waals surface area contributed by atoms with E-state index in [9.17, 15) is 9.59 Å². The number of nitrogens with one attached hydrogen (secondary N) is 1. The van der Waals surface area contributed by atoms with E-state index in [1.807, 2.05) is 30.3 Å². The molecule has 0 unspecified atom stereocenters. The third-order valence-corrected chi connectivity index (χ3v) is 2.82. The lowest BCUT2D eigenvalue weighted by atomic mass is 10.2. The number of carbonyl (C=O) groups is 2. The molecule has 0 spiro atoms. The minimum Gasteiger partial charge on any atom is -0.348 e. The van der Waals surface area contributed by atoms with E-state index in [0.29, 0.717) is 12.1 Å². The molecule has 0 aliphatic heterocycles. The first-order valence-electron chi connectivity index (χ1n) is 6.53. The van der Waals surface area contributed by atoms with Gasteiger partial charge in [-0.3, -0.25) is 14.4 Å². The van der Waals surface area contributed by atoms with Crippen molar-refractivity contribution in [3.8, 4) is 0 Å². The first-order chi connectivity index (χ1) is 10.0. The summed E-state index contributed by atoms with van der Waals surface area (Å²) < 4.78 is 0. The van der Waals surface area contributed by atoms with E-state index in [1.165, 1.54) is 26.3 Å². The Morgan fingerprint density at radius 3 is 2.57 bits per heavy atom. The number of hydrogen-bond donors (Lipinski definition) is 1. The summed E-state index contributed by atoms with van der Waals surface area (Å²) in [6.07, 6.45) is 4.44. The predicted molar refractivity (Wildman–Crippen MR) is 81.0 cm³/mol. The number of hydrogen-bond acceptors (Lipinski definition) is 3. The Labute approximate surface area is 124 Å². The Morgan fingerprint density at radius 2 is 1.95 bits per heavy atom. The average Bonchev–Trinajstić information content (AvgIpc) is 2.52. The summed E-state index contributed by atoms with van der Waals surface area (Å²) in [7, 11) is 2.92. The van der Waals surface area contributed by atoms with Crippen LogP contribution in [0.15, 0.2) is 54.1 Å². The molecule has 0 aliphatic rings. The van der Waals surface area contributed by atoms with Crippen molar-refractivity contribution in [1.82, 2.24) is 10.4 Å². The highest BCUT2D eigenvalue weighted by atomic mass is 16.7. The quantitative estimate of drug-likeness (QED) is 0.493. The summed E-state index contributed by atoms with van der Waals surface area (Å²) >= 11 is 0. The van der Waals surface area contributed by atoms with Crippen LogP contribution in [0.4, 0.5) is 0 Å². The van der Waals surface area contributed by atoms with Crippen molar-refractivity contribution in [2.24, 2.45) is 0 Å². The van der Waals surface area contributed by atoms with Gasteiger partial charge in [0.05, 0.1) is 7.11 Å². The maximum Gasteiger partial charge on any atom is 0.269 e. The number of hydroxylamine groups is 2. The van der Waals surface area contributed by atoms with E-state index in [2.05, 4.69) is 5.32 Å². The molecule has 1 rings (SSSR count). The third kappa shape index (κ3) is 6.05. The van der Waals surface area contributed by atoms with Gasteiger partial charge in [0, 0.05) is 25.2 Å². The molecule has 1 aromatic rings. The van der Waals surface area contributed by atoms with E-state index in [-0.39, 0.29) is 11.8 Å². The Hall–Kier alpha value is -2.40. The highest BCUT2D eigenvalue weighted by Gasteiger charge is 2.04. The van der Waals surface area contributed by atoms with Crippen molar-refractivity contribution in [2.45, 2.75) is 13.5 Å². The van der Waals surface area contributed by atoms with E-state index in [0.717, 1.165) is 10.6 Å². The van der Waals surface area contributed by atoms with Gasteiger partial charge in [-0.05, 0) is 12.5 Å². The molecule has 2 amide bonds. The van der Waals surface area contributed by atoms with E-state index in [1.54, 1.807) is 13.0 Å². The normalized spacial score (nSPS) is 11.5. The fourth-order valence-corrected chi connectivity index (χ4v) is 1.46. The van der Waals surface area contributed by atoms with Crippen LogP contribution in [0.1, 0.15) is 12.5 Å². The number of amides is 2. The van der Waals surface area contributed by atoms with Crippen LogP contribution in [-0.4, -0.2) is 31.0 Å². The molecule has 0 fully saturated rings. The van der Waals surface area contributed by atoms with Gasteiger partial charge in [0.1, 0.15) is 0 Å². The fraction of sp³-hybridized carbons (Fsp3) is 0.250. The van der Waals surface area contributed by atoms with Gasteiger partial charge >= 0.3 is 0 Å². The van der Waals surface area contributed by atoms with Gasteiger partial charge in [-0.1, -0.05) is 42.5 Å². The second-order valence-electron chi connectivity index (χ2n) is 4.40. The molecule has 5 nitrogen and oxygen atoms in total. The Bertz CT molecular complexity index is 536. The van der Waals surface area contributed by atoms with Crippen molar-refractivity contribution in [2.75, 3.05) is 14.2 Å². The predicted octanol–water partition coefficient (Wildman–Crippen LogP) is 1.83. The largest absolute Gasteiger partial charge is 0.348 e. The van der Waals surface area contributed by atoms with Crippen molar-refractivity contribution in [3.05, 3.63) is 59.7 Å². The standard InChI is InChI=1S/C16H20N2O3/c1-13(8-7-11-15(19)18(2)21-3)16(20)17-12-14-9-5-4-6-10-14/h4-11H,12H2,1-3H3,(H,17,20)/b11-7+,13-8-. The molecule has 5 heteroatoms. The maximum absolute atomic E-state index is 11.8. The topological polar surface area (TPSA) is 58.6 Å². The average molecular weight is 288 g/mol.